The van der Waals surface area contributed by atoms with E-state index in [1.807, 2.05) is 31.2 Å². The van der Waals surface area contributed by atoms with E-state index in [0.717, 1.165) is 16.5 Å². The van der Waals surface area contributed by atoms with Crippen LogP contribution in [-0.2, 0) is 0 Å². The highest BCUT2D eigenvalue weighted by Gasteiger charge is 2.15. The van der Waals surface area contributed by atoms with Gasteiger partial charge >= 0.3 is 0 Å². The van der Waals surface area contributed by atoms with Crippen LogP contribution in [0.4, 0.5) is 5.82 Å². The lowest BCUT2D eigenvalue weighted by molar-refractivity contribution is 0.102. The largest absolute Gasteiger partial charge is 0.305 e. The normalized spacial score (nSPS) is 10.7. The number of aromatic nitrogens is 4. The molecule has 0 fully saturated rings. The highest BCUT2D eigenvalue weighted by Crippen LogP contribution is 2.17. The van der Waals surface area contributed by atoms with Gasteiger partial charge in [0, 0.05) is 10.9 Å². The number of para-hydroxylation sites is 1. The van der Waals surface area contributed by atoms with E-state index in [0.29, 0.717) is 11.5 Å². The minimum Gasteiger partial charge on any atom is -0.305 e. The number of amides is 1. The quantitative estimate of drug-likeness (QED) is 0.639. The maximum Gasteiger partial charge on any atom is 0.277 e. The molecule has 0 saturated heterocycles. The van der Waals surface area contributed by atoms with Crippen LogP contribution in [0.25, 0.3) is 10.9 Å². The molecular formula is C12H11N5O. The number of aryl methyl sites for hydroxylation is 1. The van der Waals surface area contributed by atoms with Crippen molar-refractivity contribution in [2.45, 2.75) is 6.92 Å². The number of carbonyl (C=O) groups is 1. The average Bonchev–Trinajstić information content (AvgIpc) is 2.96. The molecule has 6 nitrogen and oxygen atoms in total. The van der Waals surface area contributed by atoms with Gasteiger partial charge in [0.25, 0.3) is 5.91 Å². The maximum atomic E-state index is 12.1. The first-order chi connectivity index (χ1) is 8.75. The second-order valence-corrected chi connectivity index (χ2v) is 4.00. The van der Waals surface area contributed by atoms with Gasteiger partial charge < -0.3 is 5.32 Å². The molecule has 0 spiro atoms. The number of nitrogens with one attached hydrogen (secondary N) is 3. The maximum absolute atomic E-state index is 12.1. The Morgan fingerprint density at radius 1 is 1.28 bits per heavy atom. The zero-order valence-electron chi connectivity index (χ0n) is 9.69. The molecule has 3 N–H and O–H groups in total. The van der Waals surface area contributed by atoms with Crippen LogP contribution in [-0.4, -0.2) is 26.3 Å². The number of benzene rings is 1. The minimum absolute atomic E-state index is 0.264. The van der Waals surface area contributed by atoms with Gasteiger partial charge in [0.05, 0.1) is 11.7 Å². The number of carbonyl (C=O) groups excluding carboxylic acids is 1. The number of aromatic amines is 2. The lowest BCUT2D eigenvalue weighted by atomic mass is 10.2. The Labute approximate surface area is 102 Å². The lowest BCUT2D eigenvalue weighted by Crippen LogP contribution is -2.13. The number of H-pyrrole nitrogens is 2. The fourth-order valence-corrected chi connectivity index (χ4v) is 1.78. The molecule has 0 aliphatic carbocycles. The predicted octanol–water partition coefficient (Wildman–Crippen LogP) is 1.85. The van der Waals surface area contributed by atoms with Crippen molar-refractivity contribution in [3.8, 4) is 0 Å². The molecule has 90 valence electrons. The van der Waals surface area contributed by atoms with Crippen molar-refractivity contribution >= 4 is 22.6 Å². The molecule has 3 rings (SSSR count). The minimum atomic E-state index is -0.264. The van der Waals surface area contributed by atoms with E-state index in [1.165, 1.54) is 0 Å². The Balaban J connectivity index is 1.95. The Bertz CT molecular complexity index is 712. The van der Waals surface area contributed by atoms with Crippen LogP contribution < -0.4 is 5.32 Å². The van der Waals surface area contributed by atoms with E-state index in [4.69, 9.17) is 0 Å². The molecule has 1 amide bonds. The monoisotopic (exact) mass is 241 g/mol. The summed E-state index contributed by atoms with van der Waals surface area (Å²) in [6.07, 6.45) is 1.65. The number of fused-ring (bicyclic) bond motifs is 1. The fourth-order valence-electron chi connectivity index (χ4n) is 1.78. The Morgan fingerprint density at radius 2 is 2.11 bits per heavy atom. The molecule has 2 heterocycles. The van der Waals surface area contributed by atoms with Crippen molar-refractivity contribution in [3.63, 3.8) is 0 Å². The topological polar surface area (TPSA) is 86.5 Å². The molecule has 0 bridgehead atoms. The summed E-state index contributed by atoms with van der Waals surface area (Å²) in [5, 5.41) is 17.0. The lowest BCUT2D eigenvalue weighted by Gasteiger charge is -2.01. The smallest absolute Gasteiger partial charge is 0.277 e. The number of nitrogens with zero attached hydrogens (tertiary/aromatic N) is 2. The van der Waals surface area contributed by atoms with E-state index in [9.17, 15) is 4.79 Å². The van der Waals surface area contributed by atoms with Gasteiger partial charge in [0.2, 0.25) is 0 Å². The molecule has 0 radical (unpaired) electrons. The van der Waals surface area contributed by atoms with E-state index >= 15 is 0 Å². The predicted molar refractivity (Wildman–Crippen MR) is 67.4 cm³/mol. The van der Waals surface area contributed by atoms with Gasteiger partial charge in [-0.25, -0.2) is 0 Å². The molecule has 0 unspecified atom stereocenters. The summed E-state index contributed by atoms with van der Waals surface area (Å²) in [5.74, 6) is 0.326. The number of hydrogen-bond donors (Lipinski definition) is 3. The van der Waals surface area contributed by atoms with Gasteiger partial charge in [-0.1, -0.05) is 18.2 Å². The summed E-state index contributed by atoms with van der Waals surface area (Å²) < 4.78 is 0. The van der Waals surface area contributed by atoms with Gasteiger partial charge in [0.1, 0.15) is 5.82 Å². The average molecular weight is 241 g/mol. The molecule has 6 heteroatoms. The third kappa shape index (κ3) is 1.64. The van der Waals surface area contributed by atoms with Gasteiger partial charge in [0.15, 0.2) is 5.69 Å². The zero-order chi connectivity index (χ0) is 12.5. The van der Waals surface area contributed by atoms with Gasteiger partial charge in [-0.05, 0) is 13.0 Å². The summed E-state index contributed by atoms with van der Waals surface area (Å²) in [4.78, 5) is 12.1. The summed E-state index contributed by atoms with van der Waals surface area (Å²) in [6.45, 7) is 1.86. The molecule has 18 heavy (non-hydrogen) atoms. The highest BCUT2D eigenvalue weighted by molar-refractivity contribution is 6.10. The van der Waals surface area contributed by atoms with Crippen LogP contribution in [0.2, 0.25) is 0 Å². The molecule has 0 atom stereocenters. The number of anilines is 1. The molecular weight excluding hydrogens is 230 g/mol. The zero-order valence-corrected chi connectivity index (χ0v) is 9.69. The van der Waals surface area contributed by atoms with Crippen molar-refractivity contribution in [2.75, 3.05) is 5.32 Å². The van der Waals surface area contributed by atoms with Crippen molar-refractivity contribution in [1.29, 1.82) is 0 Å². The van der Waals surface area contributed by atoms with Crippen molar-refractivity contribution in [2.24, 2.45) is 0 Å². The first kappa shape index (κ1) is 10.5. The van der Waals surface area contributed by atoms with Crippen molar-refractivity contribution in [3.05, 3.63) is 41.7 Å². The third-order valence-electron chi connectivity index (χ3n) is 2.75. The first-order valence-electron chi connectivity index (χ1n) is 5.50. The molecule has 3 aromatic rings. The second kappa shape index (κ2) is 3.99. The Morgan fingerprint density at radius 3 is 2.89 bits per heavy atom. The van der Waals surface area contributed by atoms with Crippen LogP contribution >= 0.6 is 0 Å². The van der Waals surface area contributed by atoms with Gasteiger partial charge in [-0.2, -0.15) is 10.2 Å². The van der Waals surface area contributed by atoms with E-state index in [1.54, 1.807) is 6.20 Å². The van der Waals surface area contributed by atoms with E-state index in [-0.39, 0.29) is 5.91 Å². The van der Waals surface area contributed by atoms with Gasteiger partial charge in [-0.3, -0.25) is 15.0 Å². The summed E-state index contributed by atoms with van der Waals surface area (Å²) in [6, 6.07) is 7.49. The van der Waals surface area contributed by atoms with Crippen LogP contribution in [0.3, 0.4) is 0 Å². The summed E-state index contributed by atoms with van der Waals surface area (Å²) in [7, 11) is 0. The molecule has 1 aromatic carbocycles. The summed E-state index contributed by atoms with van der Waals surface area (Å²) in [5.41, 5.74) is 2.09. The van der Waals surface area contributed by atoms with Crippen molar-refractivity contribution in [1.82, 2.24) is 20.4 Å². The Kier molecular flexibility index (Phi) is 2.33. The van der Waals surface area contributed by atoms with Crippen LogP contribution in [0, 0.1) is 6.92 Å². The van der Waals surface area contributed by atoms with E-state index < -0.39 is 0 Å². The number of hydrogen-bond acceptors (Lipinski definition) is 3. The van der Waals surface area contributed by atoms with Crippen LogP contribution in [0.5, 0.6) is 0 Å². The SMILES string of the molecule is Cc1cn[nH]c1NC(=O)c1n[nH]c2ccccc12. The standard InChI is InChI=1S/C12H11N5O/c1-7-6-13-17-11(7)14-12(18)10-8-4-2-3-5-9(8)15-16-10/h2-6H,1H3,(H,15,16)(H2,13,14,17,18). The Hall–Kier alpha value is -2.63. The third-order valence-corrected chi connectivity index (χ3v) is 2.75. The van der Waals surface area contributed by atoms with Crippen LogP contribution in [0.15, 0.2) is 30.5 Å². The van der Waals surface area contributed by atoms with Crippen molar-refractivity contribution < 1.29 is 4.79 Å². The first-order valence-corrected chi connectivity index (χ1v) is 5.50. The molecule has 0 saturated carbocycles. The van der Waals surface area contributed by atoms with E-state index in [2.05, 4.69) is 25.7 Å². The summed E-state index contributed by atoms with van der Waals surface area (Å²) >= 11 is 0. The second-order valence-electron chi connectivity index (χ2n) is 4.00. The highest BCUT2D eigenvalue weighted by atomic mass is 16.2. The molecule has 0 aliphatic rings. The van der Waals surface area contributed by atoms with Gasteiger partial charge in [-0.15, -0.1) is 0 Å². The fraction of sp³-hybridized carbons (Fsp3) is 0.0833. The van der Waals surface area contributed by atoms with Crippen LogP contribution in [0.1, 0.15) is 16.1 Å². The number of rotatable bonds is 2. The molecule has 0 aliphatic heterocycles. The molecule has 2 aromatic heterocycles.